The molecule has 0 amide bonds. The van der Waals surface area contributed by atoms with Crippen LogP contribution in [0.1, 0.15) is 11.5 Å². The molecule has 1 fully saturated rings. The zero-order valence-corrected chi connectivity index (χ0v) is 8.87. The van der Waals surface area contributed by atoms with Crippen LogP contribution in [0, 0.1) is 5.92 Å². The summed E-state index contributed by atoms with van der Waals surface area (Å²) < 4.78 is 18.1. The van der Waals surface area contributed by atoms with Crippen LogP contribution in [0.15, 0.2) is 24.3 Å². The molecule has 1 N–H and O–H groups in total. The lowest BCUT2D eigenvalue weighted by molar-refractivity contribution is 0.348. The van der Waals surface area contributed by atoms with Crippen LogP contribution in [0.25, 0.3) is 0 Å². The lowest BCUT2D eigenvalue weighted by atomic mass is 9.89. The van der Waals surface area contributed by atoms with Crippen molar-refractivity contribution in [2.24, 2.45) is 5.92 Å². The van der Waals surface area contributed by atoms with Crippen LogP contribution in [0.2, 0.25) is 0 Å². The van der Waals surface area contributed by atoms with Gasteiger partial charge in [-0.05, 0) is 11.6 Å². The average molecular weight is 209 g/mol. The molecule has 2 rings (SSSR count). The SMILES string of the molecule is COc1ccccc1C1CNCC1CF. The molecule has 1 aliphatic rings. The van der Waals surface area contributed by atoms with Gasteiger partial charge in [-0.15, -0.1) is 0 Å². The van der Waals surface area contributed by atoms with Crippen molar-refractivity contribution in [2.45, 2.75) is 5.92 Å². The van der Waals surface area contributed by atoms with Gasteiger partial charge in [-0.25, -0.2) is 0 Å². The molecule has 1 aliphatic heterocycles. The number of benzene rings is 1. The van der Waals surface area contributed by atoms with E-state index in [1.807, 2.05) is 24.3 Å². The van der Waals surface area contributed by atoms with E-state index in [9.17, 15) is 4.39 Å². The van der Waals surface area contributed by atoms with Crippen molar-refractivity contribution in [1.29, 1.82) is 0 Å². The van der Waals surface area contributed by atoms with Gasteiger partial charge in [0, 0.05) is 24.9 Å². The molecule has 1 saturated heterocycles. The van der Waals surface area contributed by atoms with Crippen molar-refractivity contribution in [1.82, 2.24) is 5.32 Å². The molecule has 1 aromatic carbocycles. The molecule has 2 nitrogen and oxygen atoms in total. The summed E-state index contributed by atoms with van der Waals surface area (Å²) in [6, 6.07) is 7.88. The molecule has 3 heteroatoms. The predicted octanol–water partition coefficient (Wildman–Crippen LogP) is 1.97. The van der Waals surface area contributed by atoms with E-state index in [0.717, 1.165) is 24.4 Å². The third kappa shape index (κ3) is 1.97. The van der Waals surface area contributed by atoms with Crippen molar-refractivity contribution >= 4 is 0 Å². The topological polar surface area (TPSA) is 21.3 Å². The van der Waals surface area contributed by atoms with E-state index in [2.05, 4.69) is 5.32 Å². The van der Waals surface area contributed by atoms with E-state index in [-0.39, 0.29) is 18.5 Å². The third-order valence-corrected chi connectivity index (χ3v) is 3.08. The first-order valence-electron chi connectivity index (χ1n) is 5.26. The van der Waals surface area contributed by atoms with E-state index >= 15 is 0 Å². The van der Waals surface area contributed by atoms with Gasteiger partial charge in [0.2, 0.25) is 0 Å². The normalized spacial score (nSPS) is 25.5. The second-order valence-electron chi connectivity index (χ2n) is 3.92. The Morgan fingerprint density at radius 3 is 2.93 bits per heavy atom. The third-order valence-electron chi connectivity index (χ3n) is 3.08. The van der Waals surface area contributed by atoms with Gasteiger partial charge < -0.3 is 10.1 Å². The number of alkyl halides is 1. The van der Waals surface area contributed by atoms with Crippen LogP contribution < -0.4 is 10.1 Å². The van der Waals surface area contributed by atoms with Crippen LogP contribution in [0.5, 0.6) is 5.75 Å². The van der Waals surface area contributed by atoms with Gasteiger partial charge in [-0.3, -0.25) is 4.39 Å². The fourth-order valence-electron chi connectivity index (χ4n) is 2.23. The summed E-state index contributed by atoms with van der Waals surface area (Å²) in [7, 11) is 1.66. The monoisotopic (exact) mass is 209 g/mol. The zero-order valence-electron chi connectivity index (χ0n) is 8.87. The van der Waals surface area contributed by atoms with Crippen molar-refractivity contribution in [2.75, 3.05) is 26.9 Å². The standard InChI is InChI=1S/C12H16FNO/c1-15-12-5-3-2-4-10(12)11-8-14-7-9(11)6-13/h2-5,9,11,14H,6-8H2,1H3. The Labute approximate surface area is 89.4 Å². The van der Waals surface area contributed by atoms with Crippen molar-refractivity contribution in [3.05, 3.63) is 29.8 Å². The number of halogens is 1. The highest BCUT2D eigenvalue weighted by Crippen LogP contribution is 2.34. The molecule has 2 unspecified atom stereocenters. The van der Waals surface area contributed by atoms with E-state index in [4.69, 9.17) is 4.74 Å². The molecule has 82 valence electrons. The van der Waals surface area contributed by atoms with Gasteiger partial charge in [-0.1, -0.05) is 18.2 Å². The van der Waals surface area contributed by atoms with E-state index < -0.39 is 0 Å². The molecule has 0 aromatic heterocycles. The number of nitrogens with one attached hydrogen (secondary N) is 1. The van der Waals surface area contributed by atoms with Crippen LogP contribution in [0.3, 0.4) is 0 Å². The molecule has 0 bridgehead atoms. The quantitative estimate of drug-likeness (QED) is 0.821. The fraction of sp³-hybridized carbons (Fsp3) is 0.500. The van der Waals surface area contributed by atoms with Gasteiger partial charge in [0.15, 0.2) is 0 Å². The molecule has 0 saturated carbocycles. The second-order valence-corrected chi connectivity index (χ2v) is 3.92. The maximum absolute atomic E-state index is 12.8. The van der Waals surface area contributed by atoms with Gasteiger partial charge in [-0.2, -0.15) is 0 Å². The summed E-state index contributed by atoms with van der Waals surface area (Å²) >= 11 is 0. The minimum absolute atomic E-state index is 0.0845. The molecular formula is C12H16FNO. The highest BCUT2D eigenvalue weighted by molar-refractivity contribution is 5.37. The Morgan fingerprint density at radius 1 is 1.40 bits per heavy atom. The molecule has 1 heterocycles. The minimum atomic E-state index is -0.268. The Balaban J connectivity index is 2.27. The molecule has 15 heavy (non-hydrogen) atoms. The summed E-state index contributed by atoms with van der Waals surface area (Å²) in [6.45, 7) is 1.34. The van der Waals surface area contributed by atoms with E-state index in [1.54, 1.807) is 7.11 Å². The number of methoxy groups -OCH3 is 1. The number of ether oxygens (including phenoxy) is 1. The molecule has 1 aromatic rings. The minimum Gasteiger partial charge on any atom is -0.496 e. The maximum Gasteiger partial charge on any atom is 0.122 e. The highest BCUT2D eigenvalue weighted by atomic mass is 19.1. The summed E-state index contributed by atoms with van der Waals surface area (Å²) in [5.41, 5.74) is 1.12. The number of hydrogen-bond acceptors (Lipinski definition) is 2. The smallest absolute Gasteiger partial charge is 0.122 e. The number of hydrogen-bond donors (Lipinski definition) is 1. The lowest BCUT2D eigenvalue weighted by Gasteiger charge is -2.18. The van der Waals surface area contributed by atoms with Crippen molar-refractivity contribution in [3.63, 3.8) is 0 Å². The molecule has 0 radical (unpaired) electrons. The van der Waals surface area contributed by atoms with Crippen LogP contribution >= 0.6 is 0 Å². The zero-order chi connectivity index (χ0) is 10.7. The van der Waals surface area contributed by atoms with Crippen molar-refractivity contribution < 1.29 is 9.13 Å². The van der Waals surface area contributed by atoms with E-state index in [1.165, 1.54) is 0 Å². The van der Waals surface area contributed by atoms with Gasteiger partial charge in [0.1, 0.15) is 5.75 Å². The van der Waals surface area contributed by atoms with Crippen LogP contribution in [-0.2, 0) is 0 Å². The first-order chi connectivity index (χ1) is 7.36. The Kier molecular flexibility index (Phi) is 3.21. The second kappa shape index (κ2) is 4.62. The molecular weight excluding hydrogens is 193 g/mol. The molecule has 0 spiro atoms. The highest BCUT2D eigenvalue weighted by Gasteiger charge is 2.30. The van der Waals surface area contributed by atoms with Gasteiger partial charge in [0.25, 0.3) is 0 Å². The fourth-order valence-corrected chi connectivity index (χ4v) is 2.23. The number of para-hydroxylation sites is 1. The maximum atomic E-state index is 12.8. The van der Waals surface area contributed by atoms with Crippen molar-refractivity contribution in [3.8, 4) is 5.75 Å². The first-order valence-corrected chi connectivity index (χ1v) is 5.26. The summed E-state index contributed by atoms with van der Waals surface area (Å²) in [4.78, 5) is 0. The predicted molar refractivity (Wildman–Crippen MR) is 58.1 cm³/mol. The summed E-state index contributed by atoms with van der Waals surface area (Å²) in [5, 5.41) is 3.23. The Hall–Kier alpha value is -1.09. The molecule has 0 aliphatic carbocycles. The Morgan fingerprint density at radius 2 is 2.20 bits per heavy atom. The Bertz CT molecular complexity index is 329. The molecule has 2 atom stereocenters. The average Bonchev–Trinajstić information content (AvgIpc) is 2.76. The summed E-state index contributed by atoms with van der Waals surface area (Å²) in [6.07, 6.45) is 0. The van der Waals surface area contributed by atoms with Gasteiger partial charge >= 0.3 is 0 Å². The van der Waals surface area contributed by atoms with Crippen LogP contribution in [0.4, 0.5) is 4.39 Å². The number of rotatable bonds is 3. The lowest BCUT2D eigenvalue weighted by Crippen LogP contribution is -2.13. The summed E-state index contributed by atoms with van der Waals surface area (Å²) in [5.74, 6) is 1.19. The van der Waals surface area contributed by atoms with E-state index in [0.29, 0.717) is 0 Å². The largest absolute Gasteiger partial charge is 0.496 e. The first kappa shape index (κ1) is 10.4. The van der Waals surface area contributed by atoms with Gasteiger partial charge in [0.05, 0.1) is 13.8 Å². The van der Waals surface area contributed by atoms with Crippen LogP contribution in [-0.4, -0.2) is 26.9 Å².